The van der Waals surface area contributed by atoms with Crippen LogP contribution in [0.4, 0.5) is 5.69 Å². The van der Waals surface area contributed by atoms with Crippen LogP contribution in [0.1, 0.15) is 24.0 Å². The molecule has 0 spiro atoms. The van der Waals surface area contributed by atoms with E-state index in [1.807, 2.05) is 35.2 Å². The average molecular weight is 484 g/mol. The minimum Gasteiger partial charge on any atom is -0.342 e. The number of sulfone groups is 1. The second-order valence-electron chi connectivity index (χ2n) is 9.25. The van der Waals surface area contributed by atoms with Gasteiger partial charge in [0.25, 0.3) is 0 Å². The molecule has 2 saturated heterocycles. The van der Waals surface area contributed by atoms with Gasteiger partial charge in [0.15, 0.2) is 15.0 Å². The summed E-state index contributed by atoms with van der Waals surface area (Å²) in [5.74, 6) is 1.21. The van der Waals surface area contributed by atoms with Crippen LogP contribution in [-0.4, -0.2) is 60.3 Å². The Hall–Kier alpha value is -2.32. The number of thioether (sulfide) groups is 1. The van der Waals surface area contributed by atoms with Crippen LogP contribution in [0.2, 0.25) is 0 Å². The lowest BCUT2D eigenvalue weighted by Crippen LogP contribution is -2.39. The molecule has 6 nitrogen and oxygen atoms in total. The third kappa shape index (κ3) is 5.61. The predicted molar refractivity (Wildman–Crippen MR) is 134 cm³/mol. The summed E-state index contributed by atoms with van der Waals surface area (Å²) in [6.45, 7) is 1.68. The standard InChI is InChI=1S/C25H29N3O3S2/c29-24(28-12-10-20(11-13-28)14-18-4-2-1-3-5-18)15-19-6-8-21(9-7-19)26-25-27-22-16-33(30,31)17-23(22)32-25/h1-9,20,22-23H,10-17H2,(H,26,27)/t22-,23-/m0/s1. The minimum atomic E-state index is -2.94. The lowest BCUT2D eigenvalue weighted by atomic mass is 9.90. The Bertz CT molecular complexity index is 1130. The molecule has 2 aromatic carbocycles. The number of carbonyl (C=O) groups is 1. The highest BCUT2D eigenvalue weighted by Crippen LogP contribution is 2.34. The molecule has 0 bridgehead atoms. The number of amides is 1. The highest BCUT2D eigenvalue weighted by Gasteiger charge is 2.42. The number of benzene rings is 2. The zero-order valence-corrected chi connectivity index (χ0v) is 20.2. The van der Waals surface area contributed by atoms with Gasteiger partial charge in [-0.1, -0.05) is 54.2 Å². The minimum absolute atomic E-state index is 0.0335. The summed E-state index contributed by atoms with van der Waals surface area (Å²) in [5.41, 5.74) is 3.29. The van der Waals surface area contributed by atoms with Crippen LogP contribution in [0.25, 0.3) is 0 Å². The molecular weight excluding hydrogens is 454 g/mol. The average Bonchev–Trinajstić information content (AvgIpc) is 3.28. The zero-order chi connectivity index (χ0) is 22.8. The largest absolute Gasteiger partial charge is 0.342 e. The van der Waals surface area contributed by atoms with Crippen LogP contribution in [-0.2, 0) is 27.5 Å². The third-order valence-electron chi connectivity index (χ3n) is 6.71. The number of nitrogens with one attached hydrogen (secondary N) is 1. The summed E-state index contributed by atoms with van der Waals surface area (Å²) in [6.07, 6.45) is 3.64. The Kier molecular flexibility index (Phi) is 6.47. The van der Waals surface area contributed by atoms with Crippen molar-refractivity contribution in [3.8, 4) is 0 Å². The summed E-state index contributed by atoms with van der Waals surface area (Å²) >= 11 is 1.51. The van der Waals surface area contributed by atoms with Crippen molar-refractivity contribution in [2.75, 3.05) is 29.9 Å². The van der Waals surface area contributed by atoms with E-state index in [9.17, 15) is 13.2 Å². The van der Waals surface area contributed by atoms with Crippen LogP contribution in [0, 0.1) is 5.92 Å². The highest BCUT2D eigenvalue weighted by atomic mass is 32.2. The van der Waals surface area contributed by atoms with E-state index in [-0.39, 0.29) is 28.7 Å². The SMILES string of the molecule is O=C(Cc1ccc(NC2=N[C@H]3CS(=O)(=O)C[C@@H]3S2)cc1)N1CCC(Cc2ccccc2)CC1. The number of piperidine rings is 1. The molecule has 174 valence electrons. The molecule has 3 heterocycles. The number of fused-ring (bicyclic) bond motifs is 1. The van der Waals surface area contributed by atoms with Gasteiger partial charge in [0.2, 0.25) is 5.91 Å². The van der Waals surface area contributed by atoms with Crippen molar-refractivity contribution in [1.82, 2.24) is 4.90 Å². The van der Waals surface area contributed by atoms with Gasteiger partial charge in [0.1, 0.15) is 0 Å². The summed E-state index contributed by atoms with van der Waals surface area (Å²) in [5, 5.41) is 4.10. The Morgan fingerprint density at radius 2 is 1.73 bits per heavy atom. The molecule has 0 unspecified atom stereocenters. The maximum absolute atomic E-state index is 12.8. The van der Waals surface area contributed by atoms with E-state index in [1.54, 1.807) is 0 Å². The number of hydrogen-bond acceptors (Lipinski definition) is 6. The predicted octanol–water partition coefficient (Wildman–Crippen LogP) is 3.39. The number of aliphatic imine (C=N–C) groups is 1. The van der Waals surface area contributed by atoms with Crippen molar-refractivity contribution in [2.45, 2.75) is 37.0 Å². The van der Waals surface area contributed by atoms with Gasteiger partial charge in [0, 0.05) is 24.0 Å². The van der Waals surface area contributed by atoms with Gasteiger partial charge in [-0.15, -0.1) is 0 Å². The maximum Gasteiger partial charge on any atom is 0.226 e. The summed E-state index contributed by atoms with van der Waals surface area (Å²) in [7, 11) is -2.94. The molecule has 2 atom stereocenters. The molecule has 8 heteroatoms. The molecule has 1 amide bonds. The van der Waals surface area contributed by atoms with Crippen LogP contribution in [0.15, 0.2) is 59.6 Å². The van der Waals surface area contributed by atoms with E-state index >= 15 is 0 Å². The molecular formula is C25H29N3O3S2. The first kappa shape index (κ1) is 22.5. The molecule has 2 fully saturated rings. The molecule has 5 rings (SSSR count). The van der Waals surface area contributed by atoms with Gasteiger partial charge in [-0.25, -0.2) is 8.42 Å². The number of hydrogen-bond donors (Lipinski definition) is 1. The number of rotatable bonds is 5. The molecule has 2 aromatic rings. The molecule has 0 aromatic heterocycles. The molecule has 1 N–H and O–H groups in total. The van der Waals surface area contributed by atoms with Crippen LogP contribution in [0.5, 0.6) is 0 Å². The molecule has 3 aliphatic rings. The van der Waals surface area contributed by atoms with Gasteiger partial charge in [-0.3, -0.25) is 9.79 Å². The normalized spacial score (nSPS) is 24.4. The first-order valence-corrected chi connectivity index (χ1v) is 14.3. The first-order chi connectivity index (χ1) is 15.9. The second kappa shape index (κ2) is 9.50. The first-order valence-electron chi connectivity index (χ1n) is 11.6. The smallest absolute Gasteiger partial charge is 0.226 e. The summed E-state index contributed by atoms with van der Waals surface area (Å²) in [6, 6.07) is 18.4. The van der Waals surface area contributed by atoms with Crippen molar-refractivity contribution < 1.29 is 13.2 Å². The summed E-state index contributed by atoms with van der Waals surface area (Å²) in [4.78, 5) is 19.3. The highest BCUT2D eigenvalue weighted by molar-refractivity contribution is 8.15. The molecule has 0 aliphatic carbocycles. The van der Waals surface area contributed by atoms with Gasteiger partial charge in [-0.05, 0) is 48.4 Å². The fraction of sp³-hybridized carbons (Fsp3) is 0.440. The van der Waals surface area contributed by atoms with E-state index in [2.05, 4.69) is 34.6 Å². The van der Waals surface area contributed by atoms with Gasteiger partial charge in [-0.2, -0.15) is 0 Å². The van der Waals surface area contributed by atoms with E-state index < -0.39 is 9.84 Å². The number of anilines is 1. The maximum atomic E-state index is 12.8. The van der Waals surface area contributed by atoms with Gasteiger partial charge >= 0.3 is 0 Å². The monoisotopic (exact) mass is 483 g/mol. The number of carbonyl (C=O) groups excluding carboxylic acids is 1. The van der Waals surface area contributed by atoms with Crippen LogP contribution < -0.4 is 5.32 Å². The van der Waals surface area contributed by atoms with E-state index in [4.69, 9.17) is 0 Å². The van der Waals surface area contributed by atoms with Gasteiger partial charge in [0.05, 0.1) is 24.0 Å². The Morgan fingerprint density at radius 3 is 2.42 bits per heavy atom. The van der Waals surface area contributed by atoms with Gasteiger partial charge < -0.3 is 10.2 Å². The van der Waals surface area contributed by atoms with E-state index in [0.29, 0.717) is 12.3 Å². The Morgan fingerprint density at radius 1 is 1.00 bits per heavy atom. The van der Waals surface area contributed by atoms with Crippen molar-refractivity contribution in [2.24, 2.45) is 10.9 Å². The Balaban J connectivity index is 1.09. The topological polar surface area (TPSA) is 78.8 Å². The molecule has 33 heavy (non-hydrogen) atoms. The fourth-order valence-electron chi connectivity index (χ4n) is 4.87. The van der Waals surface area contributed by atoms with Crippen molar-refractivity contribution in [1.29, 1.82) is 0 Å². The fourth-order valence-corrected chi connectivity index (χ4v) is 8.54. The van der Waals surface area contributed by atoms with Crippen LogP contribution in [0.3, 0.4) is 0 Å². The lowest BCUT2D eigenvalue weighted by molar-refractivity contribution is -0.131. The Labute approximate surface area is 199 Å². The molecule has 0 saturated carbocycles. The lowest BCUT2D eigenvalue weighted by Gasteiger charge is -2.32. The summed E-state index contributed by atoms with van der Waals surface area (Å²) < 4.78 is 23.4. The van der Waals surface area contributed by atoms with E-state index in [0.717, 1.165) is 48.8 Å². The van der Waals surface area contributed by atoms with Crippen LogP contribution >= 0.6 is 11.8 Å². The second-order valence-corrected chi connectivity index (χ2v) is 12.6. The number of nitrogens with zero attached hydrogens (tertiary/aromatic N) is 2. The van der Waals surface area contributed by atoms with Crippen molar-refractivity contribution >= 4 is 38.4 Å². The van der Waals surface area contributed by atoms with Crippen molar-refractivity contribution in [3.05, 3.63) is 65.7 Å². The third-order valence-corrected chi connectivity index (χ3v) is 9.85. The number of amidine groups is 1. The van der Waals surface area contributed by atoms with Crippen molar-refractivity contribution in [3.63, 3.8) is 0 Å². The molecule has 3 aliphatic heterocycles. The zero-order valence-electron chi connectivity index (χ0n) is 18.5. The molecule has 0 radical (unpaired) electrons. The number of likely N-dealkylation sites (tertiary alicyclic amines) is 1. The van der Waals surface area contributed by atoms with E-state index in [1.165, 1.54) is 17.3 Å². The quantitative estimate of drug-likeness (QED) is 0.705.